The number of rotatable bonds is 2. The minimum atomic E-state index is 0.603. The van der Waals surface area contributed by atoms with Crippen LogP contribution in [0.25, 0.3) is 0 Å². The summed E-state index contributed by atoms with van der Waals surface area (Å²) in [6.07, 6.45) is 1.72. The van der Waals surface area contributed by atoms with E-state index in [1.807, 2.05) is 37.3 Å². The van der Waals surface area contributed by atoms with Gasteiger partial charge < -0.3 is 4.98 Å². The van der Waals surface area contributed by atoms with Gasteiger partial charge in [-0.15, -0.1) is 10.2 Å². The molecule has 2 aromatic rings. The average Bonchev–Trinajstić information content (AvgIpc) is 2.63. The summed E-state index contributed by atoms with van der Waals surface area (Å²) in [7, 11) is 0. The number of hydrogen-bond donors (Lipinski definition) is 1. The molecule has 0 fully saturated rings. The van der Waals surface area contributed by atoms with Crippen LogP contribution in [0.3, 0.4) is 0 Å². The number of azo groups is 1. The van der Waals surface area contributed by atoms with Crippen molar-refractivity contribution >= 4 is 11.5 Å². The Kier molecular flexibility index (Phi) is 2.36. The van der Waals surface area contributed by atoms with Crippen molar-refractivity contribution in [2.75, 3.05) is 0 Å². The van der Waals surface area contributed by atoms with Gasteiger partial charge in [0.15, 0.2) is 5.82 Å². The van der Waals surface area contributed by atoms with Crippen LogP contribution < -0.4 is 0 Å². The Morgan fingerprint density at radius 3 is 2.57 bits per heavy atom. The number of benzene rings is 1. The van der Waals surface area contributed by atoms with Gasteiger partial charge in [0.25, 0.3) is 0 Å². The molecular weight excluding hydrogens is 176 g/mol. The monoisotopic (exact) mass is 186 g/mol. The second-order valence-corrected chi connectivity index (χ2v) is 2.88. The highest BCUT2D eigenvalue weighted by Crippen LogP contribution is 2.15. The second kappa shape index (κ2) is 3.83. The molecule has 0 bridgehead atoms. The number of hydrogen-bond acceptors (Lipinski definition) is 3. The second-order valence-electron chi connectivity index (χ2n) is 2.88. The lowest BCUT2D eigenvalue weighted by Gasteiger charge is -1.87. The predicted octanol–water partition coefficient (Wildman–Crippen LogP) is 3.13. The molecule has 0 spiro atoms. The largest absolute Gasteiger partial charge is 0.347 e. The van der Waals surface area contributed by atoms with E-state index in [9.17, 15) is 0 Å². The molecule has 70 valence electrons. The molecule has 0 aliphatic carbocycles. The maximum atomic E-state index is 4.11. The lowest BCUT2D eigenvalue weighted by molar-refractivity contribution is 1.12. The first-order chi connectivity index (χ1) is 6.84. The van der Waals surface area contributed by atoms with Crippen molar-refractivity contribution in [2.24, 2.45) is 10.2 Å². The van der Waals surface area contributed by atoms with E-state index in [-0.39, 0.29) is 0 Å². The molecule has 0 aliphatic rings. The van der Waals surface area contributed by atoms with Gasteiger partial charge in [0, 0.05) is 6.20 Å². The van der Waals surface area contributed by atoms with Crippen LogP contribution in [-0.4, -0.2) is 9.97 Å². The zero-order valence-corrected chi connectivity index (χ0v) is 7.81. The molecular formula is C10H10N4. The van der Waals surface area contributed by atoms with Crippen molar-refractivity contribution < 1.29 is 0 Å². The third-order valence-electron chi connectivity index (χ3n) is 1.72. The van der Waals surface area contributed by atoms with Crippen molar-refractivity contribution in [3.05, 3.63) is 42.4 Å². The summed E-state index contributed by atoms with van der Waals surface area (Å²) >= 11 is 0. The fourth-order valence-corrected chi connectivity index (χ4v) is 1.06. The van der Waals surface area contributed by atoms with Gasteiger partial charge in [-0.1, -0.05) is 18.2 Å². The summed E-state index contributed by atoms with van der Waals surface area (Å²) < 4.78 is 0. The summed E-state index contributed by atoms with van der Waals surface area (Å²) in [5, 5.41) is 8.01. The molecule has 0 aliphatic heterocycles. The summed E-state index contributed by atoms with van der Waals surface area (Å²) in [6, 6.07) is 9.57. The highest BCUT2D eigenvalue weighted by atomic mass is 15.2. The van der Waals surface area contributed by atoms with Crippen LogP contribution in [0.2, 0.25) is 0 Å². The smallest absolute Gasteiger partial charge is 0.192 e. The maximum absolute atomic E-state index is 4.11. The van der Waals surface area contributed by atoms with E-state index < -0.39 is 0 Å². The number of imidazole rings is 1. The Labute approximate surface area is 81.7 Å². The molecule has 1 heterocycles. The van der Waals surface area contributed by atoms with Crippen LogP contribution in [0.1, 0.15) is 5.82 Å². The Balaban J connectivity index is 2.15. The molecule has 4 heteroatoms. The summed E-state index contributed by atoms with van der Waals surface area (Å²) in [6.45, 7) is 1.88. The minimum absolute atomic E-state index is 0.603. The van der Waals surface area contributed by atoms with Gasteiger partial charge in [-0.05, 0) is 19.1 Å². The van der Waals surface area contributed by atoms with E-state index in [1.165, 1.54) is 0 Å². The Hall–Kier alpha value is -1.97. The van der Waals surface area contributed by atoms with E-state index in [4.69, 9.17) is 0 Å². The fourth-order valence-electron chi connectivity index (χ4n) is 1.06. The SMILES string of the molecule is Cc1nc(/N=N/c2ccccc2)c[nH]1. The van der Waals surface area contributed by atoms with Crippen molar-refractivity contribution in [3.63, 3.8) is 0 Å². The average molecular weight is 186 g/mol. The first-order valence-electron chi connectivity index (χ1n) is 4.33. The highest BCUT2D eigenvalue weighted by Gasteiger charge is 1.93. The van der Waals surface area contributed by atoms with Crippen LogP contribution in [0.4, 0.5) is 11.5 Å². The van der Waals surface area contributed by atoms with Crippen LogP contribution in [-0.2, 0) is 0 Å². The molecule has 0 saturated carbocycles. The quantitative estimate of drug-likeness (QED) is 0.719. The third kappa shape index (κ3) is 2.04. The van der Waals surface area contributed by atoms with Gasteiger partial charge in [-0.3, -0.25) is 0 Å². The summed E-state index contributed by atoms with van der Waals surface area (Å²) in [4.78, 5) is 7.05. The van der Waals surface area contributed by atoms with Gasteiger partial charge in [0.2, 0.25) is 0 Å². The van der Waals surface area contributed by atoms with Crippen molar-refractivity contribution in [1.82, 2.24) is 9.97 Å². The van der Waals surface area contributed by atoms with E-state index in [2.05, 4.69) is 20.2 Å². The molecule has 0 amide bonds. The van der Waals surface area contributed by atoms with Crippen molar-refractivity contribution in [1.29, 1.82) is 0 Å². The molecule has 4 nitrogen and oxygen atoms in total. The lowest BCUT2D eigenvalue weighted by atomic mass is 10.3. The number of nitrogens with one attached hydrogen (secondary N) is 1. The molecule has 14 heavy (non-hydrogen) atoms. The number of H-pyrrole nitrogens is 1. The molecule has 0 saturated heterocycles. The maximum Gasteiger partial charge on any atom is 0.192 e. The van der Waals surface area contributed by atoms with Crippen molar-refractivity contribution in [2.45, 2.75) is 6.92 Å². The summed E-state index contributed by atoms with van der Waals surface area (Å²) in [5.41, 5.74) is 0.827. The van der Waals surface area contributed by atoms with E-state index in [0.717, 1.165) is 11.5 Å². The van der Waals surface area contributed by atoms with E-state index in [1.54, 1.807) is 6.20 Å². The van der Waals surface area contributed by atoms with Crippen LogP contribution in [0.5, 0.6) is 0 Å². The Bertz CT molecular complexity index is 430. The standard InChI is InChI=1S/C10H10N4/c1-8-11-7-10(12-8)14-13-9-5-3-2-4-6-9/h2-7H,1H3,(H,11,12)/b14-13+. The zero-order valence-electron chi connectivity index (χ0n) is 7.81. The number of aromatic amines is 1. The third-order valence-corrected chi connectivity index (χ3v) is 1.72. The van der Waals surface area contributed by atoms with Gasteiger partial charge in [-0.2, -0.15) is 0 Å². The summed E-state index contributed by atoms with van der Waals surface area (Å²) in [5.74, 6) is 1.44. The van der Waals surface area contributed by atoms with Gasteiger partial charge >= 0.3 is 0 Å². The Morgan fingerprint density at radius 2 is 1.93 bits per heavy atom. The zero-order chi connectivity index (χ0) is 9.80. The minimum Gasteiger partial charge on any atom is -0.347 e. The fraction of sp³-hybridized carbons (Fsp3) is 0.100. The normalized spacial score (nSPS) is 10.9. The topological polar surface area (TPSA) is 53.4 Å². The number of nitrogens with zero attached hydrogens (tertiary/aromatic N) is 3. The highest BCUT2D eigenvalue weighted by molar-refractivity contribution is 5.36. The van der Waals surface area contributed by atoms with Crippen LogP contribution in [0.15, 0.2) is 46.8 Å². The molecule has 1 N–H and O–H groups in total. The Morgan fingerprint density at radius 1 is 1.14 bits per heavy atom. The molecule has 1 aromatic heterocycles. The number of aryl methyl sites for hydroxylation is 1. The van der Waals surface area contributed by atoms with Gasteiger partial charge in [0.1, 0.15) is 5.82 Å². The van der Waals surface area contributed by atoms with Gasteiger partial charge in [-0.25, -0.2) is 4.98 Å². The van der Waals surface area contributed by atoms with E-state index >= 15 is 0 Å². The number of aromatic nitrogens is 2. The molecule has 0 radical (unpaired) electrons. The lowest BCUT2D eigenvalue weighted by Crippen LogP contribution is -1.68. The first-order valence-corrected chi connectivity index (χ1v) is 4.33. The predicted molar refractivity (Wildman–Crippen MR) is 53.9 cm³/mol. The van der Waals surface area contributed by atoms with Gasteiger partial charge in [0.05, 0.1) is 5.69 Å². The van der Waals surface area contributed by atoms with E-state index in [0.29, 0.717) is 5.82 Å². The first kappa shape index (κ1) is 8.62. The molecule has 0 atom stereocenters. The molecule has 0 unspecified atom stereocenters. The molecule has 2 rings (SSSR count). The van der Waals surface area contributed by atoms with Crippen molar-refractivity contribution in [3.8, 4) is 0 Å². The van der Waals surface area contributed by atoms with Crippen LogP contribution >= 0.6 is 0 Å². The molecule has 1 aromatic carbocycles. The van der Waals surface area contributed by atoms with Crippen LogP contribution in [0, 0.1) is 6.92 Å².